The van der Waals surface area contributed by atoms with Crippen LogP contribution >= 0.6 is 0 Å². The van der Waals surface area contributed by atoms with E-state index in [2.05, 4.69) is 24.0 Å². The summed E-state index contributed by atoms with van der Waals surface area (Å²) in [6.45, 7) is 8.03. The summed E-state index contributed by atoms with van der Waals surface area (Å²) in [5.41, 5.74) is 0. The topological polar surface area (TPSA) is 71.7 Å². The number of carbonyl (C=O) groups excluding carboxylic acids is 1. The van der Waals surface area contributed by atoms with E-state index in [0.717, 1.165) is 13.0 Å². The number of likely N-dealkylation sites (N-methyl/N-ethyl adjacent to an activating group) is 2. The number of ether oxygens (including phenoxy) is 1. The molecule has 0 aromatic carbocycles. The number of carbonyl (C=O) groups is 1. The van der Waals surface area contributed by atoms with Gasteiger partial charge in [0.1, 0.15) is 6.10 Å². The molecule has 2 heterocycles. The third kappa shape index (κ3) is 4.04. The fourth-order valence-corrected chi connectivity index (χ4v) is 2.45. The van der Waals surface area contributed by atoms with Crippen LogP contribution in [0.2, 0.25) is 0 Å². The van der Waals surface area contributed by atoms with E-state index in [0.29, 0.717) is 30.8 Å². The number of hydrogen-bond acceptors (Lipinski definition) is 6. The Labute approximate surface area is 131 Å². The predicted octanol–water partition coefficient (Wildman–Crippen LogP) is 1.47. The molecule has 0 unspecified atom stereocenters. The molecule has 0 saturated carbocycles. The molecule has 7 nitrogen and oxygen atoms in total. The quantitative estimate of drug-likeness (QED) is 0.759. The van der Waals surface area contributed by atoms with Crippen LogP contribution in [0.3, 0.4) is 0 Å². The van der Waals surface area contributed by atoms with Gasteiger partial charge in [0.25, 0.3) is 0 Å². The average Bonchev–Trinajstić information content (AvgIpc) is 3.04. The molecule has 22 heavy (non-hydrogen) atoms. The molecule has 2 atom stereocenters. The van der Waals surface area contributed by atoms with Gasteiger partial charge in [-0.3, -0.25) is 9.69 Å². The molecule has 2 rings (SSSR count). The summed E-state index contributed by atoms with van der Waals surface area (Å²) in [7, 11) is 3.74. The minimum Gasteiger partial charge on any atom is -0.370 e. The van der Waals surface area contributed by atoms with Crippen molar-refractivity contribution in [3.05, 3.63) is 11.7 Å². The smallest absolute Gasteiger partial charge is 0.240 e. The zero-order chi connectivity index (χ0) is 16.3. The molecule has 124 valence electrons. The molecule has 1 fully saturated rings. The van der Waals surface area contributed by atoms with E-state index in [9.17, 15) is 4.79 Å². The minimum atomic E-state index is -0.190. The highest BCUT2D eigenvalue weighted by Crippen LogP contribution is 2.18. The first-order valence-corrected chi connectivity index (χ1v) is 7.77. The molecule has 1 aromatic heterocycles. The Morgan fingerprint density at radius 1 is 1.45 bits per heavy atom. The van der Waals surface area contributed by atoms with Gasteiger partial charge < -0.3 is 14.2 Å². The summed E-state index contributed by atoms with van der Waals surface area (Å²) < 4.78 is 11.0. The molecule has 1 aliphatic rings. The van der Waals surface area contributed by atoms with Gasteiger partial charge in [0.15, 0.2) is 5.82 Å². The molecule has 1 saturated heterocycles. The molecule has 0 aliphatic carbocycles. The summed E-state index contributed by atoms with van der Waals surface area (Å²) in [4.78, 5) is 20.1. The van der Waals surface area contributed by atoms with Crippen LogP contribution in [0.4, 0.5) is 0 Å². The first-order chi connectivity index (χ1) is 10.4. The lowest BCUT2D eigenvalue weighted by molar-refractivity contribution is -0.130. The molecule has 0 radical (unpaired) electrons. The highest BCUT2D eigenvalue weighted by Gasteiger charge is 2.32. The van der Waals surface area contributed by atoms with Crippen molar-refractivity contribution < 1.29 is 14.1 Å². The molecule has 1 aliphatic heterocycles. The maximum absolute atomic E-state index is 12.0. The molecule has 7 heteroatoms. The molecular formula is C15H26N4O3. The number of aromatic nitrogens is 2. The molecule has 0 bridgehead atoms. The number of amides is 1. The normalized spacial score (nSPS) is 20.4. The number of likely N-dealkylation sites (tertiary alicyclic amines) is 1. The van der Waals surface area contributed by atoms with Gasteiger partial charge in [0.05, 0.1) is 12.6 Å². The first kappa shape index (κ1) is 16.9. The maximum atomic E-state index is 12.0. The lowest BCUT2D eigenvalue weighted by atomic mass is 10.2. The van der Waals surface area contributed by atoms with E-state index < -0.39 is 0 Å². The Balaban J connectivity index is 1.90. The van der Waals surface area contributed by atoms with Crippen LogP contribution in [0.1, 0.15) is 45.0 Å². The van der Waals surface area contributed by atoms with Crippen molar-refractivity contribution in [2.24, 2.45) is 5.92 Å². The standard InChI is InChI=1S/C15H26N4O3/c1-10(2)9-21-11(3)14-16-13(22-17-14)8-19(5)12-6-7-18(4)15(12)20/h10-12H,6-9H2,1-5H3/t11-,12-/m0/s1. The van der Waals surface area contributed by atoms with Crippen LogP contribution < -0.4 is 0 Å². The van der Waals surface area contributed by atoms with Crippen LogP contribution in [-0.2, 0) is 16.1 Å². The Kier molecular flexibility index (Phi) is 5.52. The van der Waals surface area contributed by atoms with Gasteiger partial charge in [0.2, 0.25) is 11.8 Å². The van der Waals surface area contributed by atoms with Crippen LogP contribution in [0.5, 0.6) is 0 Å². The zero-order valence-corrected chi connectivity index (χ0v) is 14.1. The largest absolute Gasteiger partial charge is 0.370 e. The van der Waals surface area contributed by atoms with Gasteiger partial charge in [-0.2, -0.15) is 4.98 Å². The fraction of sp³-hybridized carbons (Fsp3) is 0.800. The summed E-state index contributed by atoms with van der Waals surface area (Å²) >= 11 is 0. The van der Waals surface area contributed by atoms with Crippen LogP contribution in [0, 0.1) is 5.92 Å². The van der Waals surface area contributed by atoms with Crippen LogP contribution in [0.15, 0.2) is 4.52 Å². The Bertz CT molecular complexity index is 503. The second-order valence-electron chi connectivity index (χ2n) is 6.40. The van der Waals surface area contributed by atoms with Gasteiger partial charge in [-0.1, -0.05) is 19.0 Å². The summed E-state index contributed by atoms with van der Waals surface area (Å²) in [6.07, 6.45) is 0.644. The average molecular weight is 310 g/mol. The van der Waals surface area contributed by atoms with Crippen molar-refractivity contribution in [3.63, 3.8) is 0 Å². The summed E-state index contributed by atoms with van der Waals surface area (Å²) in [6, 6.07) is -0.102. The van der Waals surface area contributed by atoms with E-state index in [1.54, 1.807) is 4.90 Å². The van der Waals surface area contributed by atoms with E-state index in [1.165, 1.54) is 0 Å². The van der Waals surface area contributed by atoms with Crippen LogP contribution in [-0.4, -0.2) is 59.1 Å². The minimum absolute atomic E-state index is 0.102. The Morgan fingerprint density at radius 3 is 2.77 bits per heavy atom. The van der Waals surface area contributed by atoms with Crippen molar-refractivity contribution in [3.8, 4) is 0 Å². The molecule has 0 N–H and O–H groups in total. The lowest BCUT2D eigenvalue weighted by Crippen LogP contribution is -2.38. The maximum Gasteiger partial charge on any atom is 0.240 e. The third-order valence-electron chi connectivity index (χ3n) is 3.84. The molecular weight excluding hydrogens is 284 g/mol. The third-order valence-corrected chi connectivity index (χ3v) is 3.84. The van der Waals surface area contributed by atoms with Gasteiger partial charge in [-0.25, -0.2) is 0 Å². The number of hydrogen-bond donors (Lipinski definition) is 0. The molecule has 1 amide bonds. The first-order valence-electron chi connectivity index (χ1n) is 7.77. The Morgan fingerprint density at radius 2 is 2.18 bits per heavy atom. The number of nitrogens with zero attached hydrogens (tertiary/aromatic N) is 4. The van der Waals surface area contributed by atoms with E-state index in [4.69, 9.17) is 9.26 Å². The highest BCUT2D eigenvalue weighted by molar-refractivity contribution is 5.83. The van der Waals surface area contributed by atoms with Crippen molar-refractivity contribution in [2.75, 3.05) is 27.2 Å². The lowest BCUT2D eigenvalue weighted by Gasteiger charge is -2.20. The van der Waals surface area contributed by atoms with Crippen molar-refractivity contribution >= 4 is 5.91 Å². The van der Waals surface area contributed by atoms with Crippen molar-refractivity contribution in [1.29, 1.82) is 0 Å². The van der Waals surface area contributed by atoms with Gasteiger partial charge in [-0.15, -0.1) is 0 Å². The predicted molar refractivity (Wildman–Crippen MR) is 81.0 cm³/mol. The fourth-order valence-electron chi connectivity index (χ4n) is 2.45. The van der Waals surface area contributed by atoms with E-state index in [-0.39, 0.29) is 18.1 Å². The van der Waals surface area contributed by atoms with Gasteiger partial charge in [0, 0.05) is 20.2 Å². The van der Waals surface area contributed by atoms with Gasteiger partial charge >= 0.3 is 0 Å². The molecule has 1 aromatic rings. The van der Waals surface area contributed by atoms with Crippen LogP contribution in [0.25, 0.3) is 0 Å². The zero-order valence-electron chi connectivity index (χ0n) is 14.1. The van der Waals surface area contributed by atoms with Crippen molar-refractivity contribution in [2.45, 2.75) is 45.9 Å². The molecule has 0 spiro atoms. The second-order valence-corrected chi connectivity index (χ2v) is 6.40. The second kappa shape index (κ2) is 7.19. The van der Waals surface area contributed by atoms with Gasteiger partial charge in [-0.05, 0) is 26.3 Å². The van der Waals surface area contributed by atoms with E-state index in [1.807, 2.05) is 25.9 Å². The van der Waals surface area contributed by atoms with E-state index >= 15 is 0 Å². The monoisotopic (exact) mass is 310 g/mol. The summed E-state index contributed by atoms with van der Waals surface area (Å²) in [5, 5.41) is 3.97. The SMILES string of the molecule is CC(C)CO[C@@H](C)c1noc(CN(C)[C@H]2CCN(C)C2=O)n1. The highest BCUT2D eigenvalue weighted by atomic mass is 16.5. The summed E-state index contributed by atoms with van der Waals surface area (Å²) in [5.74, 6) is 1.68. The Hall–Kier alpha value is -1.47. The van der Waals surface area contributed by atoms with Crippen molar-refractivity contribution in [1.82, 2.24) is 19.9 Å². The number of rotatable bonds is 7.